The second-order valence-corrected chi connectivity index (χ2v) is 6.76. The zero-order valence-electron chi connectivity index (χ0n) is 17.0. The highest BCUT2D eigenvalue weighted by molar-refractivity contribution is 5.88. The monoisotopic (exact) mass is 382 g/mol. The van der Waals surface area contributed by atoms with Crippen LogP contribution in [0.1, 0.15) is 37.8 Å². The normalized spacial score (nSPS) is 11.5. The number of amides is 2. The van der Waals surface area contributed by atoms with Gasteiger partial charge >= 0.3 is 0 Å². The molecule has 0 aliphatic heterocycles. The topological polar surface area (TPSA) is 58.6 Å². The van der Waals surface area contributed by atoms with Gasteiger partial charge in [-0.2, -0.15) is 0 Å². The molecule has 0 unspecified atom stereocenters. The predicted octanol–water partition coefficient (Wildman–Crippen LogP) is 3.71. The van der Waals surface area contributed by atoms with Crippen molar-refractivity contribution in [1.29, 1.82) is 0 Å². The van der Waals surface area contributed by atoms with E-state index in [-0.39, 0.29) is 18.4 Å². The van der Waals surface area contributed by atoms with Gasteiger partial charge in [-0.25, -0.2) is 0 Å². The molecular weight excluding hydrogens is 352 g/mol. The fourth-order valence-corrected chi connectivity index (χ4v) is 3.00. The lowest BCUT2D eigenvalue weighted by atomic mass is 10.1. The number of para-hydroxylation sites is 1. The number of ether oxygens (including phenoxy) is 1. The number of nitrogens with zero attached hydrogens (tertiary/aromatic N) is 1. The van der Waals surface area contributed by atoms with Gasteiger partial charge < -0.3 is 15.0 Å². The van der Waals surface area contributed by atoms with Crippen LogP contribution in [0, 0.1) is 6.92 Å². The summed E-state index contributed by atoms with van der Waals surface area (Å²) in [4.78, 5) is 27.3. The Bertz CT molecular complexity index is 761. The van der Waals surface area contributed by atoms with Gasteiger partial charge in [0, 0.05) is 13.1 Å². The zero-order valence-corrected chi connectivity index (χ0v) is 17.0. The predicted molar refractivity (Wildman–Crippen MR) is 111 cm³/mol. The summed E-state index contributed by atoms with van der Waals surface area (Å²) in [7, 11) is 0. The van der Waals surface area contributed by atoms with Crippen molar-refractivity contribution in [2.24, 2.45) is 0 Å². The van der Waals surface area contributed by atoms with Crippen molar-refractivity contribution < 1.29 is 14.3 Å². The van der Waals surface area contributed by atoms with Crippen LogP contribution in [0.5, 0.6) is 5.75 Å². The van der Waals surface area contributed by atoms with E-state index in [9.17, 15) is 9.59 Å². The molecule has 150 valence electrons. The highest BCUT2D eigenvalue weighted by atomic mass is 16.5. The minimum atomic E-state index is -0.530. The summed E-state index contributed by atoms with van der Waals surface area (Å²) < 4.78 is 5.65. The lowest BCUT2D eigenvalue weighted by molar-refractivity contribution is -0.143. The fraction of sp³-hybridized carbons (Fsp3) is 0.391. The molecule has 0 aromatic heterocycles. The van der Waals surface area contributed by atoms with Gasteiger partial charge in [-0.3, -0.25) is 9.59 Å². The molecule has 0 aliphatic carbocycles. The maximum absolute atomic E-state index is 13.0. The van der Waals surface area contributed by atoms with Crippen LogP contribution in [0.25, 0.3) is 0 Å². The summed E-state index contributed by atoms with van der Waals surface area (Å²) in [6.45, 7) is 6.81. The molecule has 0 saturated heterocycles. The van der Waals surface area contributed by atoms with E-state index in [0.717, 1.165) is 17.5 Å². The van der Waals surface area contributed by atoms with Gasteiger partial charge in [0.2, 0.25) is 5.91 Å². The van der Waals surface area contributed by atoms with E-state index in [1.807, 2.05) is 75.4 Å². The van der Waals surface area contributed by atoms with Crippen molar-refractivity contribution in [2.75, 3.05) is 13.2 Å². The molecule has 0 bridgehead atoms. The Hall–Kier alpha value is -2.82. The highest BCUT2D eigenvalue weighted by Gasteiger charge is 2.29. The van der Waals surface area contributed by atoms with Gasteiger partial charge in [0.1, 0.15) is 11.8 Å². The molecular formula is C23H30N2O3. The molecule has 2 rings (SSSR count). The number of aryl methyl sites for hydroxylation is 1. The molecule has 2 aromatic rings. The zero-order chi connectivity index (χ0) is 20.4. The summed E-state index contributed by atoms with van der Waals surface area (Å²) in [5.41, 5.74) is 2.12. The van der Waals surface area contributed by atoms with Crippen molar-refractivity contribution >= 4 is 11.8 Å². The summed E-state index contributed by atoms with van der Waals surface area (Å²) in [5, 5.41) is 2.92. The fourth-order valence-electron chi connectivity index (χ4n) is 3.00. The van der Waals surface area contributed by atoms with Gasteiger partial charge in [-0.1, -0.05) is 56.3 Å². The van der Waals surface area contributed by atoms with Gasteiger partial charge in [0.25, 0.3) is 5.91 Å². The lowest BCUT2D eigenvalue weighted by Gasteiger charge is -2.31. The average Bonchev–Trinajstić information content (AvgIpc) is 2.72. The molecule has 2 aromatic carbocycles. The Labute approximate surface area is 167 Å². The molecule has 0 spiro atoms. The van der Waals surface area contributed by atoms with E-state index in [1.54, 1.807) is 4.90 Å². The van der Waals surface area contributed by atoms with Crippen molar-refractivity contribution in [3.8, 4) is 5.75 Å². The van der Waals surface area contributed by atoms with E-state index in [2.05, 4.69) is 5.32 Å². The first-order valence-electron chi connectivity index (χ1n) is 9.86. The van der Waals surface area contributed by atoms with E-state index >= 15 is 0 Å². The van der Waals surface area contributed by atoms with Gasteiger partial charge in [0.05, 0.1) is 0 Å². The van der Waals surface area contributed by atoms with Crippen LogP contribution in [-0.4, -0.2) is 35.9 Å². The first kappa shape index (κ1) is 21.5. The number of hydrogen-bond donors (Lipinski definition) is 1. The van der Waals surface area contributed by atoms with Crippen LogP contribution in [0.3, 0.4) is 0 Å². The largest absolute Gasteiger partial charge is 0.484 e. The maximum atomic E-state index is 13.0. The second-order valence-electron chi connectivity index (χ2n) is 6.76. The van der Waals surface area contributed by atoms with Crippen LogP contribution < -0.4 is 10.1 Å². The van der Waals surface area contributed by atoms with Crippen molar-refractivity contribution in [2.45, 2.75) is 46.2 Å². The average molecular weight is 383 g/mol. The highest BCUT2D eigenvalue weighted by Crippen LogP contribution is 2.16. The first-order chi connectivity index (χ1) is 13.6. The molecule has 0 aliphatic rings. The molecule has 2 amide bonds. The van der Waals surface area contributed by atoms with E-state index in [4.69, 9.17) is 4.74 Å². The molecule has 1 N–H and O–H groups in total. The van der Waals surface area contributed by atoms with Crippen molar-refractivity contribution in [3.05, 3.63) is 65.7 Å². The first-order valence-corrected chi connectivity index (χ1v) is 9.86. The summed E-state index contributed by atoms with van der Waals surface area (Å²) in [5.74, 6) is 0.312. The molecule has 1 atom stereocenters. The number of nitrogens with one attached hydrogen (secondary N) is 1. The third kappa shape index (κ3) is 6.12. The molecule has 0 fully saturated rings. The smallest absolute Gasteiger partial charge is 0.261 e. The quantitative estimate of drug-likeness (QED) is 0.681. The van der Waals surface area contributed by atoms with Crippen LogP contribution in [-0.2, 0) is 16.1 Å². The number of carbonyl (C=O) groups is 2. The minimum absolute atomic E-state index is 0.104. The number of carbonyl (C=O) groups excluding carboxylic acids is 2. The van der Waals surface area contributed by atoms with Crippen molar-refractivity contribution in [1.82, 2.24) is 10.2 Å². The Morgan fingerprint density at radius 3 is 2.36 bits per heavy atom. The molecule has 5 heteroatoms. The Morgan fingerprint density at radius 1 is 1.04 bits per heavy atom. The van der Waals surface area contributed by atoms with Crippen molar-refractivity contribution in [3.63, 3.8) is 0 Å². The third-order valence-electron chi connectivity index (χ3n) is 4.64. The van der Waals surface area contributed by atoms with Crippen LogP contribution >= 0.6 is 0 Å². The second kappa shape index (κ2) is 11.1. The minimum Gasteiger partial charge on any atom is -0.484 e. The van der Waals surface area contributed by atoms with E-state index in [1.165, 1.54) is 0 Å². The molecule has 28 heavy (non-hydrogen) atoms. The molecule has 0 radical (unpaired) electrons. The Kier molecular flexibility index (Phi) is 8.53. The van der Waals surface area contributed by atoms with Crippen LogP contribution in [0.15, 0.2) is 54.6 Å². The molecule has 0 heterocycles. The van der Waals surface area contributed by atoms with Crippen LogP contribution in [0.4, 0.5) is 0 Å². The van der Waals surface area contributed by atoms with E-state index < -0.39 is 6.04 Å². The van der Waals surface area contributed by atoms with Gasteiger partial charge in [-0.15, -0.1) is 0 Å². The van der Waals surface area contributed by atoms with Gasteiger partial charge in [-0.05, 0) is 43.0 Å². The summed E-state index contributed by atoms with van der Waals surface area (Å²) in [6, 6.07) is 16.6. The standard InChI is InChI=1S/C23H30N2O3/c1-4-15-24-23(27)21(5-2)25(16-19-12-10-9-11-18(19)3)22(26)17-28-20-13-7-6-8-14-20/h6-14,21H,4-5,15-17H2,1-3H3,(H,24,27)/t21-/m0/s1. The summed E-state index contributed by atoms with van der Waals surface area (Å²) >= 11 is 0. The molecule has 0 saturated carbocycles. The SMILES string of the molecule is CCCNC(=O)[C@H](CC)N(Cc1ccccc1C)C(=O)COc1ccccc1. The molecule has 5 nitrogen and oxygen atoms in total. The van der Waals surface area contributed by atoms with E-state index in [0.29, 0.717) is 25.3 Å². The third-order valence-corrected chi connectivity index (χ3v) is 4.64. The number of rotatable bonds is 10. The maximum Gasteiger partial charge on any atom is 0.261 e. The number of benzene rings is 2. The number of hydrogen-bond acceptors (Lipinski definition) is 3. The Morgan fingerprint density at radius 2 is 1.71 bits per heavy atom. The van der Waals surface area contributed by atoms with Crippen LogP contribution in [0.2, 0.25) is 0 Å². The lowest BCUT2D eigenvalue weighted by Crippen LogP contribution is -2.50. The Balaban J connectivity index is 2.19. The summed E-state index contributed by atoms with van der Waals surface area (Å²) in [6.07, 6.45) is 1.39. The van der Waals surface area contributed by atoms with Gasteiger partial charge in [0.15, 0.2) is 6.61 Å².